The Morgan fingerprint density at radius 2 is 0.437 bits per heavy atom. The smallest absolute Gasteiger partial charge is 0.407 e. The van der Waals surface area contributed by atoms with Gasteiger partial charge < -0.3 is 247 Å². The van der Waals surface area contributed by atoms with E-state index in [4.69, 9.17) is 77.3 Å². The molecule has 0 aliphatic rings. The Morgan fingerprint density at radius 1 is 0.246 bits per heavy atom. The SMILES string of the molecule is CN[C@H](CC(O)NCCNC(=O)OCC(O)COCC(O)COCC(O)COCC(O)COCC(O)COCC(O)CN(C[C@H](O)[C@@H](O)[C@H](O)[C@H](O)CO)C[C@H](O)[C@@H](O)[C@H](O)[C@H](O)CO)C(=O)NCCNC(=O)OCC(O)COCC(O)COCC(O)COCC(O)COCC(O)COCC(O)CN(C[C@H](O)[C@@H](O)[C@H](O)[C@H](O)CO)C[C@H](O)[C@@H](O)[C@H](O)[C@H](O)CO. The lowest BCUT2D eigenvalue weighted by Crippen LogP contribution is -2.54. The number of likely N-dealkylation sites (N-methyl/N-ethyl adjacent to an activating group) is 1. The van der Waals surface area contributed by atoms with Crippen molar-refractivity contribution in [1.82, 2.24) is 36.4 Å². The summed E-state index contributed by atoms with van der Waals surface area (Å²) in [6.07, 6.45) is -50.0. The van der Waals surface area contributed by atoms with E-state index in [0.29, 0.717) is 0 Å². The van der Waals surface area contributed by atoms with E-state index in [9.17, 15) is 162 Å². The molecule has 0 aromatic rings. The second-order valence-corrected chi connectivity index (χ2v) is 29.7. The molecule has 0 aromatic carbocycles. The summed E-state index contributed by atoms with van der Waals surface area (Å²) in [5, 5.41) is 344. The minimum Gasteiger partial charge on any atom is -0.447 e. The number of carbonyl (C=O) groups excluding carboxylic acids is 3. The van der Waals surface area contributed by atoms with Crippen LogP contribution in [0.4, 0.5) is 9.59 Å². The van der Waals surface area contributed by atoms with Crippen LogP contribution in [-0.2, 0) is 61.6 Å². The topological polar surface area (TPSA) is 896 Å². The van der Waals surface area contributed by atoms with Gasteiger partial charge in [0.25, 0.3) is 0 Å². The lowest BCUT2D eigenvalue weighted by atomic mass is 10.0. The molecule has 55 heteroatoms. The van der Waals surface area contributed by atoms with Gasteiger partial charge in [-0.2, -0.15) is 0 Å². The summed E-state index contributed by atoms with van der Waals surface area (Å²) in [6.45, 7) is -16.0. The number of nitrogens with one attached hydrogen (secondary N) is 5. The maximum absolute atomic E-state index is 12.8. The summed E-state index contributed by atoms with van der Waals surface area (Å²) in [6, 6.07) is -0.920. The van der Waals surface area contributed by atoms with Crippen LogP contribution in [0.2, 0.25) is 0 Å². The molecule has 3 amide bonds. The Labute approximate surface area is 726 Å². The minimum absolute atomic E-state index is 0.00623. The van der Waals surface area contributed by atoms with Crippen molar-refractivity contribution >= 4 is 18.1 Å². The second kappa shape index (κ2) is 72.6. The van der Waals surface area contributed by atoms with Crippen LogP contribution in [0.5, 0.6) is 0 Å². The molecule has 0 aromatic heterocycles. The molecule has 0 aliphatic carbocycles. The van der Waals surface area contributed by atoms with E-state index in [0.717, 1.165) is 9.80 Å². The van der Waals surface area contributed by atoms with Gasteiger partial charge in [0.2, 0.25) is 5.91 Å². The molecule has 55 nitrogen and oxygen atoms in total. The van der Waals surface area contributed by atoms with Gasteiger partial charge in [-0.15, -0.1) is 0 Å². The highest BCUT2D eigenvalue weighted by Crippen LogP contribution is 2.16. The third kappa shape index (κ3) is 58.9. The van der Waals surface area contributed by atoms with E-state index < -0.39 is 307 Å². The van der Waals surface area contributed by atoms with E-state index in [2.05, 4.69) is 26.6 Å². The first-order valence-corrected chi connectivity index (χ1v) is 40.4. The van der Waals surface area contributed by atoms with Crippen LogP contribution in [-0.4, -0.2) is 624 Å². The van der Waals surface area contributed by atoms with E-state index >= 15 is 0 Å². The monoisotopic (exact) mass is 1860 g/mol. The number of hydrogen-bond acceptors (Lipinski definition) is 52. The predicted molar refractivity (Wildman–Crippen MR) is 421 cm³/mol. The van der Waals surface area contributed by atoms with Crippen LogP contribution in [0.3, 0.4) is 0 Å². The molecular weight excluding hydrogens is 1720 g/mol. The fraction of sp³-hybridized carbons (Fsp3) is 0.958. The molecule has 0 bridgehead atoms. The summed E-state index contributed by atoms with van der Waals surface area (Å²) in [5.41, 5.74) is 0. The van der Waals surface area contributed by atoms with Crippen molar-refractivity contribution in [3.8, 4) is 0 Å². The Balaban J connectivity index is 4.30. The van der Waals surface area contributed by atoms with Crippen LogP contribution in [0.1, 0.15) is 6.42 Å². The van der Waals surface area contributed by atoms with E-state index in [1.54, 1.807) is 0 Å². The first-order valence-electron chi connectivity index (χ1n) is 40.4. The van der Waals surface area contributed by atoms with Gasteiger partial charge in [-0.25, -0.2) is 9.59 Å². The molecule has 38 N–H and O–H groups in total. The molecule has 0 heterocycles. The number of nitrogens with zero attached hydrogens (tertiary/aromatic N) is 2. The highest BCUT2D eigenvalue weighted by atomic mass is 16.6. The quantitative estimate of drug-likeness (QED) is 0.0199. The maximum Gasteiger partial charge on any atom is 0.407 e. The molecule has 0 fully saturated rings. The fourth-order valence-corrected chi connectivity index (χ4v) is 10.8. The van der Waals surface area contributed by atoms with Gasteiger partial charge in [-0.3, -0.25) is 19.9 Å². The largest absolute Gasteiger partial charge is 0.447 e. The average Bonchev–Trinajstić information content (AvgIpc) is 0.866. The third-order valence-corrected chi connectivity index (χ3v) is 17.6. The Morgan fingerprint density at radius 3 is 0.651 bits per heavy atom. The standard InChI is InChI=1S/C71H145N7O48/c1-72-51(69(112)74-3-5-76-71(114)126-38-50(94)36-124-34-48(92)32-122-30-46(90)28-120-26-44(88)24-118-22-42(86)20-116-18-40(84)8-78(11-54(97)63(106)67(110)58(101)15-81)12-55(98)64(107)68(111)59(102)16-82)6-60(103)73-2-4-75-70(113)125-37-49(93)35-123-33-47(91)31-121-29-45(89)27-119-25-43(87)23-117-21-41(85)19-115-17-39(83)7-77(9-52(95)61(104)65(108)56(99)13-79)10-53(96)62(105)66(109)57(100)14-80/h39-68,72-73,79-111H,2-38H2,1H3,(H,74,112)(H,75,113)(H,76,114)/t39?,40?,41?,42?,43?,44?,45?,46?,47?,48?,49?,50?,51-,52+,53+,54+,55+,56-,57-,58-,59-,60?,61-,62-,63-,64-,65-,66-,67-,68-/m1/s1. The van der Waals surface area contributed by atoms with Crippen LogP contribution in [0.15, 0.2) is 0 Å². The van der Waals surface area contributed by atoms with Crippen molar-refractivity contribution in [2.24, 2.45) is 0 Å². The normalized spacial score (nSPS) is 19.6. The molecule has 0 saturated heterocycles. The van der Waals surface area contributed by atoms with Gasteiger partial charge in [0, 0.05) is 71.9 Å². The maximum atomic E-state index is 12.8. The predicted octanol–water partition coefficient (Wildman–Crippen LogP) is -22.7. The molecular formula is C71H145N7O48. The lowest BCUT2D eigenvalue weighted by Gasteiger charge is -2.34. The first-order chi connectivity index (χ1) is 59.5. The number of aliphatic hydroxyl groups is 33. The number of carbonyl (C=O) groups is 3. The summed E-state index contributed by atoms with van der Waals surface area (Å²) in [5.74, 6) is -0.551. The molecule has 0 aliphatic heterocycles. The van der Waals surface area contributed by atoms with Crippen molar-refractivity contribution in [2.45, 2.75) is 190 Å². The molecule has 0 radical (unpaired) electrons. The highest BCUT2D eigenvalue weighted by Gasteiger charge is 2.38. The summed E-state index contributed by atoms with van der Waals surface area (Å²) in [7, 11) is 1.46. The average molecular weight is 1860 g/mol. The van der Waals surface area contributed by atoms with Crippen molar-refractivity contribution in [1.29, 1.82) is 0 Å². The molecule has 126 heavy (non-hydrogen) atoms. The molecule has 0 spiro atoms. The summed E-state index contributed by atoms with van der Waals surface area (Å²) < 4.78 is 62.4. The van der Waals surface area contributed by atoms with Crippen LogP contribution in [0.25, 0.3) is 0 Å². The van der Waals surface area contributed by atoms with Gasteiger partial charge in [0.05, 0.1) is 201 Å². The minimum atomic E-state index is -2.06. The highest BCUT2D eigenvalue weighted by molar-refractivity contribution is 5.81. The number of ether oxygens (including phenoxy) is 12. The molecule has 0 saturated carbocycles. The van der Waals surface area contributed by atoms with Crippen molar-refractivity contribution in [2.75, 3.05) is 244 Å². The van der Waals surface area contributed by atoms with E-state index in [1.165, 1.54) is 7.05 Å². The summed E-state index contributed by atoms with van der Waals surface area (Å²) >= 11 is 0. The Kier molecular flexibility index (Phi) is 70.4. The number of hydrogen-bond donors (Lipinski definition) is 38. The Hall–Kier alpha value is -3.87. The van der Waals surface area contributed by atoms with Crippen molar-refractivity contribution < 1.29 is 240 Å². The van der Waals surface area contributed by atoms with Crippen LogP contribution in [0, 0.1) is 0 Å². The molecule has 0 rings (SSSR count). The lowest BCUT2D eigenvalue weighted by molar-refractivity contribution is -0.133. The number of amides is 3. The zero-order valence-corrected chi connectivity index (χ0v) is 70.3. The van der Waals surface area contributed by atoms with E-state index in [1.807, 2.05) is 0 Å². The number of rotatable bonds is 83. The fourth-order valence-electron chi connectivity index (χ4n) is 10.8. The molecule has 30 atom stereocenters. The number of alkyl carbamates (subject to hydrolysis) is 2. The van der Waals surface area contributed by atoms with Gasteiger partial charge >= 0.3 is 12.2 Å². The van der Waals surface area contributed by atoms with Gasteiger partial charge in [0.1, 0.15) is 154 Å². The van der Waals surface area contributed by atoms with E-state index in [-0.39, 0.29) is 138 Å². The zero-order chi connectivity index (χ0) is 95.4. The van der Waals surface area contributed by atoms with Gasteiger partial charge in [-0.1, -0.05) is 0 Å². The third-order valence-electron chi connectivity index (χ3n) is 17.6. The van der Waals surface area contributed by atoms with Crippen molar-refractivity contribution in [3.63, 3.8) is 0 Å². The van der Waals surface area contributed by atoms with Gasteiger partial charge in [0.15, 0.2) is 0 Å². The van der Waals surface area contributed by atoms with Crippen LogP contribution >= 0.6 is 0 Å². The second-order valence-electron chi connectivity index (χ2n) is 29.7. The number of aliphatic hydroxyl groups excluding tert-OH is 33. The van der Waals surface area contributed by atoms with Crippen molar-refractivity contribution in [3.05, 3.63) is 0 Å². The van der Waals surface area contributed by atoms with Gasteiger partial charge in [-0.05, 0) is 7.05 Å². The zero-order valence-electron chi connectivity index (χ0n) is 70.3. The Bertz CT molecular complexity index is 2570. The first kappa shape index (κ1) is 122. The molecule has 13 unspecified atom stereocenters. The summed E-state index contributed by atoms with van der Waals surface area (Å²) in [4.78, 5) is 39.2. The van der Waals surface area contributed by atoms with Crippen LogP contribution < -0.4 is 26.6 Å². The molecule has 752 valence electrons.